The fraction of sp³-hybridized carbons (Fsp3) is 0.364. The Morgan fingerprint density at radius 1 is 1.56 bits per heavy atom. The summed E-state index contributed by atoms with van der Waals surface area (Å²) in [7, 11) is 1.30. The summed E-state index contributed by atoms with van der Waals surface area (Å²) in [5.74, 6) is 0.00235. The standard InChI is InChI=1S/C11H13BrO4/c1-7(11(14)15-2)16-10-8(6-13)4-3-5-9(10)12/h3-5,7,13H,6H2,1-2H3. The van der Waals surface area contributed by atoms with Crippen molar-refractivity contribution in [3.8, 4) is 5.75 Å². The van der Waals surface area contributed by atoms with Crippen LogP contribution in [0, 0.1) is 0 Å². The van der Waals surface area contributed by atoms with Crippen molar-refractivity contribution in [2.45, 2.75) is 19.6 Å². The number of carbonyl (C=O) groups is 1. The molecular weight excluding hydrogens is 276 g/mol. The van der Waals surface area contributed by atoms with Gasteiger partial charge in [-0.2, -0.15) is 0 Å². The number of hydrogen-bond acceptors (Lipinski definition) is 4. The van der Waals surface area contributed by atoms with E-state index in [4.69, 9.17) is 9.84 Å². The Hall–Kier alpha value is -1.07. The van der Waals surface area contributed by atoms with Crippen molar-refractivity contribution >= 4 is 21.9 Å². The highest BCUT2D eigenvalue weighted by atomic mass is 79.9. The minimum atomic E-state index is -0.714. The predicted molar refractivity (Wildman–Crippen MR) is 62.2 cm³/mol. The minimum Gasteiger partial charge on any atom is -0.477 e. The number of para-hydroxylation sites is 1. The average Bonchev–Trinajstić information content (AvgIpc) is 2.30. The third kappa shape index (κ3) is 2.96. The molecule has 1 unspecified atom stereocenters. The van der Waals surface area contributed by atoms with Crippen LogP contribution < -0.4 is 4.74 Å². The smallest absolute Gasteiger partial charge is 0.346 e. The Balaban J connectivity index is 2.91. The van der Waals surface area contributed by atoms with Crippen molar-refractivity contribution in [1.29, 1.82) is 0 Å². The van der Waals surface area contributed by atoms with Gasteiger partial charge in [-0.3, -0.25) is 0 Å². The first-order valence-corrected chi connectivity index (χ1v) is 5.52. The van der Waals surface area contributed by atoms with Crippen LogP contribution in [0.15, 0.2) is 22.7 Å². The van der Waals surface area contributed by atoms with Crippen molar-refractivity contribution in [3.05, 3.63) is 28.2 Å². The first kappa shape index (κ1) is 13.0. The molecule has 0 fully saturated rings. The van der Waals surface area contributed by atoms with E-state index in [1.54, 1.807) is 25.1 Å². The Kier molecular flexibility index (Phi) is 4.76. The lowest BCUT2D eigenvalue weighted by atomic mass is 10.2. The van der Waals surface area contributed by atoms with Gasteiger partial charge in [-0.1, -0.05) is 12.1 Å². The van der Waals surface area contributed by atoms with Gasteiger partial charge in [0.25, 0.3) is 0 Å². The molecule has 0 bridgehead atoms. The molecule has 0 spiro atoms. The summed E-state index contributed by atoms with van der Waals surface area (Å²) in [6.45, 7) is 1.44. The summed E-state index contributed by atoms with van der Waals surface area (Å²) >= 11 is 3.30. The number of ether oxygens (including phenoxy) is 2. The van der Waals surface area contributed by atoms with E-state index in [0.717, 1.165) is 0 Å². The second-order valence-electron chi connectivity index (χ2n) is 3.17. The highest BCUT2D eigenvalue weighted by Crippen LogP contribution is 2.30. The molecule has 0 radical (unpaired) electrons. The van der Waals surface area contributed by atoms with E-state index in [9.17, 15) is 4.79 Å². The lowest BCUT2D eigenvalue weighted by molar-refractivity contribution is -0.147. The molecule has 1 rings (SSSR count). The van der Waals surface area contributed by atoms with Crippen molar-refractivity contribution in [1.82, 2.24) is 0 Å². The second-order valence-corrected chi connectivity index (χ2v) is 4.02. The topological polar surface area (TPSA) is 55.8 Å². The molecule has 1 atom stereocenters. The zero-order chi connectivity index (χ0) is 12.1. The zero-order valence-electron chi connectivity index (χ0n) is 9.07. The number of aliphatic hydroxyl groups is 1. The van der Waals surface area contributed by atoms with E-state index < -0.39 is 12.1 Å². The molecule has 5 heteroatoms. The van der Waals surface area contributed by atoms with Crippen LogP contribution in [0.4, 0.5) is 0 Å². The van der Waals surface area contributed by atoms with Gasteiger partial charge in [-0.15, -0.1) is 0 Å². The van der Waals surface area contributed by atoms with Gasteiger partial charge in [0.05, 0.1) is 18.2 Å². The van der Waals surface area contributed by atoms with Crippen LogP contribution in [0.5, 0.6) is 5.75 Å². The molecule has 0 aromatic heterocycles. The van der Waals surface area contributed by atoms with Gasteiger partial charge in [0.15, 0.2) is 6.10 Å². The van der Waals surface area contributed by atoms with E-state index in [-0.39, 0.29) is 6.61 Å². The molecule has 0 amide bonds. The van der Waals surface area contributed by atoms with E-state index >= 15 is 0 Å². The van der Waals surface area contributed by atoms with Crippen LogP contribution >= 0.6 is 15.9 Å². The molecule has 1 N–H and O–H groups in total. The van der Waals surface area contributed by atoms with E-state index in [1.807, 2.05) is 0 Å². The van der Waals surface area contributed by atoms with Crippen molar-refractivity contribution in [3.63, 3.8) is 0 Å². The maximum Gasteiger partial charge on any atom is 0.346 e. The van der Waals surface area contributed by atoms with Gasteiger partial charge in [-0.05, 0) is 28.9 Å². The maximum absolute atomic E-state index is 11.2. The van der Waals surface area contributed by atoms with Crippen LogP contribution in [0.3, 0.4) is 0 Å². The Morgan fingerprint density at radius 3 is 2.81 bits per heavy atom. The van der Waals surface area contributed by atoms with Gasteiger partial charge in [0, 0.05) is 5.56 Å². The maximum atomic E-state index is 11.2. The third-order valence-electron chi connectivity index (χ3n) is 2.05. The van der Waals surface area contributed by atoms with Crippen LogP contribution in [0.2, 0.25) is 0 Å². The largest absolute Gasteiger partial charge is 0.477 e. The first-order chi connectivity index (χ1) is 7.60. The lowest BCUT2D eigenvalue weighted by Gasteiger charge is -2.16. The summed E-state index contributed by atoms with van der Waals surface area (Å²) in [5, 5.41) is 9.13. The lowest BCUT2D eigenvalue weighted by Crippen LogP contribution is -2.25. The first-order valence-electron chi connectivity index (χ1n) is 4.73. The summed E-state index contributed by atoms with van der Waals surface area (Å²) in [6.07, 6.45) is -0.714. The molecule has 0 aliphatic carbocycles. The summed E-state index contributed by atoms with van der Waals surface area (Å²) in [5.41, 5.74) is 0.616. The number of carbonyl (C=O) groups excluding carboxylic acids is 1. The average molecular weight is 289 g/mol. The molecule has 88 valence electrons. The fourth-order valence-corrected chi connectivity index (χ4v) is 1.70. The van der Waals surface area contributed by atoms with Gasteiger partial charge in [0.1, 0.15) is 5.75 Å². The van der Waals surface area contributed by atoms with Crippen molar-refractivity contribution < 1.29 is 19.4 Å². The number of halogens is 1. The fourth-order valence-electron chi connectivity index (χ4n) is 1.20. The van der Waals surface area contributed by atoms with E-state index in [1.165, 1.54) is 7.11 Å². The van der Waals surface area contributed by atoms with Gasteiger partial charge in [0.2, 0.25) is 0 Å². The zero-order valence-corrected chi connectivity index (χ0v) is 10.7. The monoisotopic (exact) mass is 288 g/mol. The third-order valence-corrected chi connectivity index (χ3v) is 2.67. The van der Waals surface area contributed by atoms with Crippen molar-refractivity contribution in [2.24, 2.45) is 0 Å². The van der Waals surface area contributed by atoms with Crippen LogP contribution in [0.25, 0.3) is 0 Å². The summed E-state index contributed by atoms with van der Waals surface area (Å²) < 4.78 is 10.7. The van der Waals surface area contributed by atoms with E-state index in [2.05, 4.69) is 20.7 Å². The number of aliphatic hydroxyl groups excluding tert-OH is 1. The normalized spacial score (nSPS) is 12.0. The molecule has 0 aliphatic rings. The molecule has 4 nitrogen and oxygen atoms in total. The molecule has 0 saturated carbocycles. The summed E-state index contributed by atoms with van der Waals surface area (Å²) in [6, 6.07) is 5.29. The predicted octanol–water partition coefficient (Wildman–Crippen LogP) is 1.88. The number of methoxy groups -OCH3 is 1. The van der Waals surface area contributed by atoms with Gasteiger partial charge >= 0.3 is 5.97 Å². The van der Waals surface area contributed by atoms with Crippen LogP contribution in [0.1, 0.15) is 12.5 Å². The highest BCUT2D eigenvalue weighted by Gasteiger charge is 2.18. The number of benzene rings is 1. The molecule has 16 heavy (non-hydrogen) atoms. The van der Waals surface area contributed by atoms with Crippen molar-refractivity contribution in [2.75, 3.05) is 7.11 Å². The van der Waals surface area contributed by atoms with Gasteiger partial charge in [-0.25, -0.2) is 4.79 Å². The number of rotatable bonds is 4. The highest BCUT2D eigenvalue weighted by molar-refractivity contribution is 9.10. The molecule has 0 heterocycles. The molecule has 1 aromatic carbocycles. The molecule has 0 saturated heterocycles. The quantitative estimate of drug-likeness (QED) is 0.860. The number of esters is 1. The Labute approximate surface area is 102 Å². The van der Waals surface area contributed by atoms with E-state index in [0.29, 0.717) is 15.8 Å². The summed E-state index contributed by atoms with van der Waals surface area (Å²) in [4.78, 5) is 11.2. The van der Waals surface area contributed by atoms with Gasteiger partial charge < -0.3 is 14.6 Å². The van der Waals surface area contributed by atoms with Crippen LogP contribution in [-0.4, -0.2) is 24.3 Å². The Morgan fingerprint density at radius 2 is 2.25 bits per heavy atom. The minimum absolute atomic E-state index is 0.150. The number of hydrogen-bond donors (Lipinski definition) is 1. The Bertz CT molecular complexity index is 378. The SMILES string of the molecule is COC(=O)C(C)Oc1c(Br)cccc1CO. The molecule has 1 aromatic rings. The van der Waals surface area contributed by atoms with Crippen LogP contribution in [-0.2, 0) is 16.1 Å². The second kappa shape index (κ2) is 5.86. The molecule has 0 aliphatic heterocycles. The molecular formula is C11H13BrO4.